The minimum absolute atomic E-state index is 0.322. The van der Waals surface area contributed by atoms with Gasteiger partial charge in [0.1, 0.15) is 0 Å². The molecule has 0 heterocycles. The van der Waals surface area contributed by atoms with Crippen molar-refractivity contribution in [3.05, 3.63) is 24.3 Å². The summed E-state index contributed by atoms with van der Waals surface area (Å²) in [6.07, 6.45) is 8.65. The number of hydrogen-bond donors (Lipinski definition) is 1. The number of rotatable bonds is 0. The van der Waals surface area contributed by atoms with Crippen LogP contribution in [0.4, 0.5) is 0 Å². The molecule has 13 heavy (non-hydrogen) atoms. The van der Waals surface area contributed by atoms with Gasteiger partial charge in [0.25, 0.3) is 0 Å². The molecule has 0 radical (unpaired) electrons. The number of aliphatic hydroxyl groups is 1. The van der Waals surface area contributed by atoms with Crippen LogP contribution in [0.25, 0.3) is 0 Å². The zero-order valence-electron chi connectivity index (χ0n) is 8.29. The SMILES string of the molecule is C=C1CCC=C[C@H]2[C@@H]1CC[C@@]2(C)O. The van der Waals surface area contributed by atoms with E-state index in [4.69, 9.17) is 0 Å². The fraction of sp³-hybridized carbons (Fsp3) is 0.667. The second-order valence-corrected chi connectivity index (χ2v) is 4.65. The van der Waals surface area contributed by atoms with Crippen molar-refractivity contribution < 1.29 is 5.11 Å². The molecule has 0 spiro atoms. The Labute approximate surface area is 80.2 Å². The zero-order chi connectivity index (χ0) is 9.47. The lowest BCUT2D eigenvalue weighted by molar-refractivity contribution is 0.0333. The number of fused-ring (bicyclic) bond motifs is 1. The third kappa shape index (κ3) is 1.46. The standard InChI is InChI=1S/C12H18O/c1-9-5-3-4-6-11-10(9)7-8-12(11,2)13/h4,6,10-11,13H,1,3,5,7-8H2,2H3/t10-,11+,12-/m1/s1. The summed E-state index contributed by atoms with van der Waals surface area (Å²) in [7, 11) is 0. The molecule has 1 saturated carbocycles. The highest BCUT2D eigenvalue weighted by atomic mass is 16.3. The van der Waals surface area contributed by atoms with E-state index in [0.717, 1.165) is 25.7 Å². The van der Waals surface area contributed by atoms with Crippen molar-refractivity contribution in [2.24, 2.45) is 11.8 Å². The lowest BCUT2D eigenvalue weighted by Crippen LogP contribution is -2.30. The van der Waals surface area contributed by atoms with Crippen molar-refractivity contribution in [1.29, 1.82) is 0 Å². The summed E-state index contributed by atoms with van der Waals surface area (Å²) < 4.78 is 0. The van der Waals surface area contributed by atoms with Crippen LogP contribution in [-0.2, 0) is 0 Å². The Morgan fingerprint density at radius 2 is 2.38 bits per heavy atom. The first-order valence-corrected chi connectivity index (χ1v) is 5.18. The maximum absolute atomic E-state index is 10.1. The van der Waals surface area contributed by atoms with Crippen molar-refractivity contribution >= 4 is 0 Å². The normalized spacial score (nSPS) is 44.6. The first-order valence-electron chi connectivity index (χ1n) is 5.18. The molecule has 72 valence electrons. The maximum Gasteiger partial charge on any atom is 0.0688 e. The Balaban J connectivity index is 2.28. The molecule has 2 aliphatic rings. The molecule has 0 amide bonds. The van der Waals surface area contributed by atoms with Gasteiger partial charge < -0.3 is 5.11 Å². The summed E-state index contributed by atoms with van der Waals surface area (Å²) in [6.45, 7) is 6.09. The van der Waals surface area contributed by atoms with E-state index >= 15 is 0 Å². The third-order valence-electron chi connectivity index (χ3n) is 3.61. The van der Waals surface area contributed by atoms with E-state index in [1.54, 1.807) is 0 Å². The molecule has 0 aromatic rings. The highest BCUT2D eigenvalue weighted by Gasteiger charge is 2.43. The van der Waals surface area contributed by atoms with Gasteiger partial charge in [0, 0.05) is 5.92 Å². The van der Waals surface area contributed by atoms with Gasteiger partial charge in [0.15, 0.2) is 0 Å². The summed E-state index contributed by atoms with van der Waals surface area (Å²) >= 11 is 0. The molecule has 0 aromatic carbocycles. The molecule has 0 bridgehead atoms. The fourth-order valence-corrected chi connectivity index (χ4v) is 2.72. The first-order chi connectivity index (χ1) is 6.11. The van der Waals surface area contributed by atoms with E-state index in [2.05, 4.69) is 18.7 Å². The third-order valence-corrected chi connectivity index (χ3v) is 3.61. The lowest BCUT2D eigenvalue weighted by atomic mass is 9.84. The van der Waals surface area contributed by atoms with Crippen molar-refractivity contribution in [2.75, 3.05) is 0 Å². The van der Waals surface area contributed by atoms with Crippen molar-refractivity contribution in [1.82, 2.24) is 0 Å². The second-order valence-electron chi connectivity index (χ2n) is 4.65. The average molecular weight is 178 g/mol. The Kier molecular flexibility index (Phi) is 2.07. The van der Waals surface area contributed by atoms with Gasteiger partial charge in [-0.15, -0.1) is 0 Å². The Morgan fingerprint density at radius 3 is 3.15 bits per heavy atom. The molecular weight excluding hydrogens is 160 g/mol. The quantitative estimate of drug-likeness (QED) is 0.565. The molecule has 2 aliphatic carbocycles. The second kappa shape index (κ2) is 2.98. The monoisotopic (exact) mass is 178 g/mol. The van der Waals surface area contributed by atoms with Crippen LogP contribution in [0.5, 0.6) is 0 Å². The van der Waals surface area contributed by atoms with E-state index in [-0.39, 0.29) is 0 Å². The summed E-state index contributed by atoms with van der Waals surface area (Å²) in [5, 5.41) is 10.1. The van der Waals surface area contributed by atoms with Crippen LogP contribution in [0.3, 0.4) is 0 Å². The van der Waals surface area contributed by atoms with Crippen molar-refractivity contribution in [3.63, 3.8) is 0 Å². The van der Waals surface area contributed by atoms with Crippen molar-refractivity contribution in [3.8, 4) is 0 Å². The van der Waals surface area contributed by atoms with Crippen LogP contribution in [0.15, 0.2) is 24.3 Å². The van der Waals surface area contributed by atoms with Crippen LogP contribution in [0, 0.1) is 11.8 Å². The molecule has 1 N–H and O–H groups in total. The van der Waals surface area contributed by atoms with Gasteiger partial charge >= 0.3 is 0 Å². The van der Waals surface area contributed by atoms with E-state index in [1.165, 1.54) is 5.57 Å². The molecule has 0 aromatic heterocycles. The van der Waals surface area contributed by atoms with Crippen LogP contribution in [0.2, 0.25) is 0 Å². The highest BCUT2D eigenvalue weighted by Crippen LogP contribution is 2.46. The number of allylic oxidation sites excluding steroid dienone is 2. The van der Waals surface area contributed by atoms with E-state index < -0.39 is 5.60 Å². The van der Waals surface area contributed by atoms with Crippen molar-refractivity contribution in [2.45, 2.75) is 38.2 Å². The van der Waals surface area contributed by atoms with Gasteiger partial charge in [-0.2, -0.15) is 0 Å². The highest BCUT2D eigenvalue weighted by molar-refractivity contribution is 5.18. The molecule has 3 atom stereocenters. The molecule has 1 fully saturated rings. The summed E-state index contributed by atoms with van der Waals surface area (Å²) in [5.74, 6) is 0.858. The predicted octanol–water partition coefficient (Wildman–Crippen LogP) is 2.67. The Hall–Kier alpha value is -0.560. The molecular formula is C12H18O. The zero-order valence-corrected chi connectivity index (χ0v) is 8.29. The number of hydrogen-bond acceptors (Lipinski definition) is 1. The van der Waals surface area contributed by atoms with Gasteiger partial charge in [-0.3, -0.25) is 0 Å². The molecule has 1 heteroatoms. The summed E-state index contributed by atoms with van der Waals surface area (Å²) in [6, 6.07) is 0. The summed E-state index contributed by atoms with van der Waals surface area (Å²) in [5.41, 5.74) is 0.849. The lowest BCUT2D eigenvalue weighted by Gasteiger charge is -2.26. The Morgan fingerprint density at radius 1 is 1.62 bits per heavy atom. The minimum atomic E-state index is -0.492. The molecule has 0 unspecified atom stereocenters. The van der Waals surface area contributed by atoms with Gasteiger partial charge in [-0.1, -0.05) is 24.3 Å². The van der Waals surface area contributed by atoms with Crippen LogP contribution >= 0.6 is 0 Å². The largest absolute Gasteiger partial charge is 0.390 e. The average Bonchev–Trinajstić information content (AvgIpc) is 2.26. The molecule has 0 aliphatic heterocycles. The van der Waals surface area contributed by atoms with Crippen LogP contribution < -0.4 is 0 Å². The Bertz CT molecular complexity index is 250. The first kappa shape index (κ1) is 9.01. The summed E-state index contributed by atoms with van der Waals surface area (Å²) in [4.78, 5) is 0. The maximum atomic E-state index is 10.1. The molecule has 0 saturated heterocycles. The van der Waals surface area contributed by atoms with Gasteiger partial charge in [0.2, 0.25) is 0 Å². The van der Waals surface area contributed by atoms with Gasteiger partial charge in [-0.05, 0) is 38.5 Å². The molecule has 2 rings (SSSR count). The smallest absolute Gasteiger partial charge is 0.0688 e. The van der Waals surface area contributed by atoms with Gasteiger partial charge in [0.05, 0.1) is 5.60 Å². The topological polar surface area (TPSA) is 20.2 Å². The predicted molar refractivity (Wildman–Crippen MR) is 54.4 cm³/mol. The molecule has 1 nitrogen and oxygen atoms in total. The fourth-order valence-electron chi connectivity index (χ4n) is 2.72. The minimum Gasteiger partial charge on any atom is -0.390 e. The van der Waals surface area contributed by atoms with E-state index in [9.17, 15) is 5.11 Å². The van der Waals surface area contributed by atoms with E-state index in [0.29, 0.717) is 11.8 Å². The van der Waals surface area contributed by atoms with Crippen LogP contribution in [-0.4, -0.2) is 10.7 Å². The van der Waals surface area contributed by atoms with Gasteiger partial charge in [-0.25, -0.2) is 0 Å². The van der Waals surface area contributed by atoms with Crippen LogP contribution in [0.1, 0.15) is 32.6 Å². The van der Waals surface area contributed by atoms with E-state index in [1.807, 2.05) is 6.92 Å².